The van der Waals surface area contributed by atoms with Crippen LogP contribution in [0.4, 0.5) is 21.9 Å². The van der Waals surface area contributed by atoms with Crippen molar-refractivity contribution in [3.05, 3.63) is 61.4 Å². The standard InChI is InChI=1S/C37H43ClN6O9S/c38-25-9-6-11-27-24(25)14-17-43(27)36(50)53-22-18-28-33(47)40-37(35(49)41-54(51,52)23-12-13-23)19-21(37)8-4-2-1-3-5-10-26(34(48)44(28)20-22)39-29-30(32(46)31(29)45)42-15-7-16-42/h4,6,8-9,11,21-23,26,28,39H,1-3,5,7,10,12-20H2,(H,40,47)(H,41,49)/b8-4-/t21-,22+,26-,28-,37+/m0/s1. The Morgan fingerprint density at radius 2 is 1.78 bits per heavy atom. The van der Waals surface area contributed by atoms with Gasteiger partial charge >= 0.3 is 6.09 Å². The molecule has 15 nitrogen and oxygen atoms in total. The van der Waals surface area contributed by atoms with Gasteiger partial charge in [0.25, 0.3) is 16.8 Å². The summed E-state index contributed by atoms with van der Waals surface area (Å²) in [7, 11) is -3.92. The maximum absolute atomic E-state index is 14.6. The van der Waals surface area contributed by atoms with Crippen LogP contribution in [-0.4, -0.2) is 92.3 Å². The number of sulfonamides is 1. The molecule has 0 unspecified atom stereocenters. The molecule has 3 N–H and O–H groups in total. The van der Waals surface area contributed by atoms with Gasteiger partial charge in [0.15, 0.2) is 0 Å². The molecule has 6 aliphatic rings. The molecule has 0 aromatic heterocycles. The number of carbonyl (C=O) groups excluding carboxylic acids is 4. The Morgan fingerprint density at radius 1 is 0.981 bits per heavy atom. The number of anilines is 3. The lowest BCUT2D eigenvalue weighted by Gasteiger charge is -2.36. The molecule has 54 heavy (non-hydrogen) atoms. The zero-order chi connectivity index (χ0) is 37.9. The van der Waals surface area contributed by atoms with Gasteiger partial charge in [-0.3, -0.25) is 33.6 Å². The summed E-state index contributed by atoms with van der Waals surface area (Å²) in [5.74, 6) is -2.51. The number of amides is 4. The van der Waals surface area contributed by atoms with E-state index in [4.69, 9.17) is 16.3 Å². The van der Waals surface area contributed by atoms with E-state index in [1.165, 1.54) is 9.80 Å². The minimum absolute atomic E-state index is 0.0850. The molecule has 288 valence electrons. The molecule has 2 aromatic carbocycles. The highest BCUT2D eigenvalue weighted by Crippen LogP contribution is 2.46. The highest BCUT2D eigenvalue weighted by molar-refractivity contribution is 7.91. The van der Waals surface area contributed by atoms with Crippen molar-refractivity contribution in [2.45, 2.75) is 99.6 Å². The number of benzene rings is 1. The number of halogens is 1. The van der Waals surface area contributed by atoms with Crippen molar-refractivity contribution in [3.8, 4) is 0 Å². The van der Waals surface area contributed by atoms with Crippen LogP contribution in [0.5, 0.6) is 0 Å². The first kappa shape index (κ1) is 36.5. The van der Waals surface area contributed by atoms with Crippen molar-refractivity contribution in [2.75, 3.05) is 41.3 Å². The molecule has 4 aliphatic heterocycles. The third-order valence-electron chi connectivity index (χ3n) is 11.7. The Balaban J connectivity index is 1.08. The van der Waals surface area contributed by atoms with Crippen LogP contribution in [0.1, 0.15) is 69.8 Å². The Bertz CT molecular complexity index is 2110. The normalized spacial score (nSPS) is 29.2. The van der Waals surface area contributed by atoms with Crippen LogP contribution in [0, 0.1) is 5.92 Å². The molecule has 8 rings (SSSR count). The first-order valence-electron chi connectivity index (χ1n) is 18.8. The SMILES string of the molecule is O=C1N[C@]2(C(=O)NS(=O)(=O)C3CC3)C[C@@H]2/C=C\CCCCC[C@H](Nc2c(N3CCC3)c(=O)c2=O)C(=O)N2C[C@H](OC(=O)N3CCc4c(Cl)cccc43)C[C@@H]12. The van der Waals surface area contributed by atoms with Gasteiger partial charge in [-0.15, -0.1) is 0 Å². The quantitative estimate of drug-likeness (QED) is 0.275. The van der Waals surface area contributed by atoms with E-state index >= 15 is 0 Å². The number of ether oxygens (including phenoxy) is 1. The molecule has 5 atom stereocenters. The summed E-state index contributed by atoms with van der Waals surface area (Å²) in [5, 5.41) is 5.78. The lowest BCUT2D eigenvalue weighted by molar-refractivity contribution is -0.140. The molecule has 17 heteroatoms. The average Bonchev–Trinajstić information content (AvgIpc) is 4.01. The van der Waals surface area contributed by atoms with Gasteiger partial charge in [-0.25, -0.2) is 13.2 Å². The van der Waals surface area contributed by atoms with Gasteiger partial charge < -0.3 is 25.2 Å². The van der Waals surface area contributed by atoms with Crippen molar-refractivity contribution in [1.29, 1.82) is 0 Å². The fourth-order valence-corrected chi connectivity index (χ4v) is 9.79. The number of hydrogen-bond acceptors (Lipinski definition) is 11. The summed E-state index contributed by atoms with van der Waals surface area (Å²) in [6, 6.07) is 3.06. The summed E-state index contributed by atoms with van der Waals surface area (Å²) in [5.41, 5.74) is -1.07. The van der Waals surface area contributed by atoms with E-state index in [0.29, 0.717) is 68.9 Å². The monoisotopic (exact) mass is 782 g/mol. The maximum atomic E-state index is 14.6. The fourth-order valence-electron chi connectivity index (χ4n) is 8.16. The number of nitrogens with one attached hydrogen (secondary N) is 3. The lowest BCUT2D eigenvalue weighted by atomic mass is 10.0. The Labute approximate surface area is 317 Å². The molecular formula is C37H43ClN6O9S. The van der Waals surface area contributed by atoms with Crippen LogP contribution < -0.4 is 36.0 Å². The van der Waals surface area contributed by atoms with Crippen molar-refractivity contribution in [3.63, 3.8) is 0 Å². The second kappa shape index (κ2) is 14.0. The minimum Gasteiger partial charge on any atom is -0.444 e. The molecule has 4 heterocycles. The molecular weight excluding hydrogens is 740 g/mol. The smallest absolute Gasteiger partial charge is 0.414 e. The van der Waals surface area contributed by atoms with Gasteiger partial charge in [-0.1, -0.05) is 42.7 Å². The molecule has 0 bridgehead atoms. The summed E-state index contributed by atoms with van der Waals surface area (Å²) in [6.45, 7) is 1.43. The van der Waals surface area contributed by atoms with E-state index < -0.39 is 79.6 Å². The number of carbonyl (C=O) groups is 4. The predicted molar refractivity (Wildman–Crippen MR) is 200 cm³/mol. The lowest BCUT2D eigenvalue weighted by Crippen LogP contribution is -2.58. The van der Waals surface area contributed by atoms with Crippen molar-refractivity contribution in [1.82, 2.24) is 14.9 Å². The van der Waals surface area contributed by atoms with E-state index in [1.54, 1.807) is 23.1 Å². The first-order chi connectivity index (χ1) is 25.9. The Hall–Kier alpha value is -4.44. The largest absolute Gasteiger partial charge is 0.444 e. The van der Waals surface area contributed by atoms with Crippen molar-refractivity contribution >= 4 is 62.5 Å². The molecule has 2 saturated heterocycles. The van der Waals surface area contributed by atoms with Gasteiger partial charge in [0.05, 0.1) is 17.5 Å². The molecule has 2 saturated carbocycles. The molecule has 0 radical (unpaired) electrons. The van der Waals surface area contributed by atoms with Crippen molar-refractivity contribution < 1.29 is 32.3 Å². The second-order valence-electron chi connectivity index (χ2n) is 15.3. The van der Waals surface area contributed by atoms with E-state index in [-0.39, 0.29) is 30.8 Å². The average molecular weight is 783 g/mol. The highest BCUT2D eigenvalue weighted by Gasteiger charge is 2.62. The van der Waals surface area contributed by atoms with Crippen LogP contribution in [0.3, 0.4) is 0 Å². The Morgan fingerprint density at radius 3 is 2.52 bits per heavy atom. The molecule has 2 aliphatic carbocycles. The van der Waals surface area contributed by atoms with Gasteiger partial charge in [-0.05, 0) is 69.1 Å². The number of nitrogens with zero attached hydrogens (tertiary/aromatic N) is 3. The van der Waals surface area contributed by atoms with Gasteiger partial charge in [-0.2, -0.15) is 0 Å². The van der Waals surface area contributed by atoms with Crippen LogP contribution >= 0.6 is 11.6 Å². The van der Waals surface area contributed by atoms with E-state index in [1.807, 2.05) is 12.2 Å². The van der Waals surface area contributed by atoms with Crippen LogP contribution in [0.2, 0.25) is 5.02 Å². The molecule has 4 fully saturated rings. The number of rotatable bonds is 7. The predicted octanol–water partition coefficient (Wildman–Crippen LogP) is 2.10. The minimum atomic E-state index is -3.92. The number of hydrogen-bond donors (Lipinski definition) is 3. The van der Waals surface area contributed by atoms with Crippen LogP contribution in [0.15, 0.2) is 39.9 Å². The van der Waals surface area contributed by atoms with Crippen LogP contribution in [-0.2, 0) is 35.6 Å². The van der Waals surface area contributed by atoms with Gasteiger partial charge in [0.2, 0.25) is 21.8 Å². The highest BCUT2D eigenvalue weighted by atomic mass is 35.5. The molecule has 0 spiro atoms. The van der Waals surface area contributed by atoms with Gasteiger partial charge in [0, 0.05) is 37.0 Å². The van der Waals surface area contributed by atoms with E-state index in [9.17, 15) is 37.2 Å². The summed E-state index contributed by atoms with van der Waals surface area (Å²) < 4.78 is 33.8. The zero-order valence-electron chi connectivity index (χ0n) is 29.7. The van der Waals surface area contributed by atoms with Crippen LogP contribution in [0.25, 0.3) is 0 Å². The molecule has 4 amide bonds. The third-order valence-corrected chi connectivity index (χ3v) is 13.9. The summed E-state index contributed by atoms with van der Waals surface area (Å²) in [6.07, 6.45) is 7.63. The van der Waals surface area contributed by atoms with E-state index in [0.717, 1.165) is 24.8 Å². The fraction of sp³-hybridized carbons (Fsp3) is 0.568. The summed E-state index contributed by atoms with van der Waals surface area (Å²) in [4.78, 5) is 86.2. The third kappa shape index (κ3) is 6.65. The molecule has 2 aromatic rings. The van der Waals surface area contributed by atoms with Crippen molar-refractivity contribution in [2.24, 2.45) is 5.92 Å². The second-order valence-corrected chi connectivity index (χ2v) is 17.7. The van der Waals surface area contributed by atoms with Gasteiger partial charge in [0.1, 0.15) is 35.1 Å². The maximum Gasteiger partial charge on any atom is 0.414 e. The Kier molecular flexibility index (Phi) is 9.47. The van der Waals surface area contributed by atoms with E-state index in [2.05, 4.69) is 15.4 Å². The summed E-state index contributed by atoms with van der Waals surface area (Å²) >= 11 is 6.37. The number of fused-ring (bicyclic) bond motifs is 3. The first-order valence-corrected chi connectivity index (χ1v) is 20.8. The number of allylic oxidation sites excluding steroid dienone is 1. The zero-order valence-corrected chi connectivity index (χ0v) is 31.3. The topological polar surface area (TPSA) is 192 Å².